The number of hydrogen-bond donors (Lipinski definition) is 1. The molecule has 0 aliphatic rings. The maximum atomic E-state index is 12.5. The molecule has 6 nitrogen and oxygen atoms in total. The van der Waals surface area contributed by atoms with Crippen LogP contribution in [0.3, 0.4) is 0 Å². The fourth-order valence-electron chi connectivity index (χ4n) is 2.97. The SMILES string of the molecule is CCn1c(=O)c(C)nc2cc(C(=O)NCc3ccccc3OC(F)F)ccc21. The molecule has 0 saturated carbocycles. The molecule has 2 aromatic carbocycles. The van der Waals surface area contributed by atoms with Crippen LogP contribution in [0.1, 0.15) is 28.5 Å². The Bertz CT molecular complexity index is 1080. The molecule has 0 saturated heterocycles. The van der Waals surface area contributed by atoms with Gasteiger partial charge < -0.3 is 14.6 Å². The van der Waals surface area contributed by atoms with Crippen molar-refractivity contribution in [2.75, 3.05) is 0 Å². The van der Waals surface area contributed by atoms with Gasteiger partial charge in [-0.05, 0) is 38.1 Å². The average Bonchev–Trinajstić information content (AvgIpc) is 2.67. The summed E-state index contributed by atoms with van der Waals surface area (Å²) in [7, 11) is 0. The van der Waals surface area contributed by atoms with E-state index < -0.39 is 6.61 Å². The molecule has 146 valence electrons. The molecule has 0 aliphatic carbocycles. The lowest BCUT2D eigenvalue weighted by Gasteiger charge is -2.12. The van der Waals surface area contributed by atoms with E-state index in [0.29, 0.717) is 34.4 Å². The summed E-state index contributed by atoms with van der Waals surface area (Å²) in [6, 6.07) is 11.1. The molecule has 0 radical (unpaired) electrons. The molecular weight excluding hydrogens is 368 g/mol. The molecule has 1 N–H and O–H groups in total. The number of aryl methyl sites for hydroxylation is 2. The van der Waals surface area contributed by atoms with Crippen LogP contribution in [0.4, 0.5) is 8.78 Å². The van der Waals surface area contributed by atoms with Gasteiger partial charge in [0, 0.05) is 24.2 Å². The Morgan fingerprint density at radius 3 is 2.71 bits per heavy atom. The lowest BCUT2D eigenvalue weighted by molar-refractivity contribution is -0.0504. The molecule has 3 rings (SSSR count). The van der Waals surface area contributed by atoms with Crippen LogP contribution in [0, 0.1) is 6.92 Å². The average molecular weight is 387 g/mol. The van der Waals surface area contributed by atoms with Crippen LogP contribution in [0.2, 0.25) is 0 Å². The van der Waals surface area contributed by atoms with Gasteiger partial charge in [0.05, 0.1) is 11.0 Å². The number of nitrogens with one attached hydrogen (secondary N) is 1. The summed E-state index contributed by atoms with van der Waals surface area (Å²) in [5.74, 6) is -0.372. The minimum absolute atomic E-state index is 0.0144. The molecule has 1 amide bonds. The van der Waals surface area contributed by atoms with Gasteiger partial charge in [-0.2, -0.15) is 8.78 Å². The minimum Gasteiger partial charge on any atom is -0.434 e. The zero-order valence-corrected chi connectivity index (χ0v) is 15.4. The highest BCUT2D eigenvalue weighted by molar-refractivity contribution is 5.97. The third kappa shape index (κ3) is 4.00. The normalized spacial score (nSPS) is 11.0. The number of carbonyl (C=O) groups is 1. The molecular formula is C20H19F2N3O3. The quantitative estimate of drug-likeness (QED) is 0.705. The van der Waals surface area contributed by atoms with Crippen molar-refractivity contribution < 1.29 is 18.3 Å². The van der Waals surface area contributed by atoms with Gasteiger partial charge in [0.1, 0.15) is 11.4 Å². The van der Waals surface area contributed by atoms with E-state index >= 15 is 0 Å². The molecule has 0 fully saturated rings. The monoisotopic (exact) mass is 387 g/mol. The van der Waals surface area contributed by atoms with E-state index in [1.807, 2.05) is 6.92 Å². The van der Waals surface area contributed by atoms with Crippen LogP contribution >= 0.6 is 0 Å². The van der Waals surface area contributed by atoms with Gasteiger partial charge >= 0.3 is 6.61 Å². The van der Waals surface area contributed by atoms with Gasteiger partial charge in [0.15, 0.2) is 0 Å². The van der Waals surface area contributed by atoms with Gasteiger partial charge in [0.2, 0.25) is 0 Å². The van der Waals surface area contributed by atoms with Crippen molar-refractivity contribution >= 4 is 16.9 Å². The Balaban J connectivity index is 1.83. The van der Waals surface area contributed by atoms with Gasteiger partial charge in [-0.3, -0.25) is 9.59 Å². The van der Waals surface area contributed by atoms with E-state index in [-0.39, 0.29) is 23.8 Å². The molecule has 1 heterocycles. The third-order valence-corrected chi connectivity index (χ3v) is 4.32. The number of amides is 1. The van der Waals surface area contributed by atoms with Gasteiger partial charge in [-0.15, -0.1) is 0 Å². The maximum absolute atomic E-state index is 12.5. The molecule has 3 aromatic rings. The van der Waals surface area contributed by atoms with Crippen LogP contribution in [-0.4, -0.2) is 22.1 Å². The number of hydrogen-bond acceptors (Lipinski definition) is 4. The molecule has 0 atom stereocenters. The van der Waals surface area contributed by atoms with Crippen LogP contribution in [-0.2, 0) is 13.1 Å². The number of alkyl halides is 2. The number of aromatic nitrogens is 2. The van der Waals surface area contributed by atoms with E-state index in [4.69, 9.17) is 0 Å². The largest absolute Gasteiger partial charge is 0.434 e. The van der Waals surface area contributed by atoms with Crippen molar-refractivity contribution in [1.82, 2.24) is 14.9 Å². The molecule has 0 bridgehead atoms. The van der Waals surface area contributed by atoms with Crippen LogP contribution in [0.25, 0.3) is 11.0 Å². The summed E-state index contributed by atoms with van der Waals surface area (Å²) < 4.78 is 31.0. The van der Waals surface area contributed by atoms with E-state index in [1.165, 1.54) is 6.07 Å². The number of fused-ring (bicyclic) bond motifs is 1. The Morgan fingerprint density at radius 2 is 2.00 bits per heavy atom. The third-order valence-electron chi connectivity index (χ3n) is 4.32. The summed E-state index contributed by atoms with van der Waals surface area (Å²) in [6.45, 7) is 1.06. The topological polar surface area (TPSA) is 73.2 Å². The van der Waals surface area contributed by atoms with Crippen molar-refractivity contribution in [1.29, 1.82) is 0 Å². The predicted octanol–water partition coefficient (Wildman–Crippen LogP) is 3.26. The van der Waals surface area contributed by atoms with E-state index in [9.17, 15) is 18.4 Å². The number of carbonyl (C=O) groups excluding carboxylic acids is 1. The zero-order chi connectivity index (χ0) is 20.3. The smallest absolute Gasteiger partial charge is 0.387 e. The van der Waals surface area contributed by atoms with Gasteiger partial charge in [-0.25, -0.2) is 4.98 Å². The van der Waals surface area contributed by atoms with Crippen molar-refractivity contribution in [2.45, 2.75) is 33.5 Å². The highest BCUT2D eigenvalue weighted by Crippen LogP contribution is 2.20. The summed E-state index contributed by atoms with van der Waals surface area (Å²) in [5.41, 5.74) is 2.16. The van der Waals surface area contributed by atoms with Gasteiger partial charge in [-0.1, -0.05) is 18.2 Å². The van der Waals surface area contributed by atoms with Crippen molar-refractivity contribution in [2.24, 2.45) is 0 Å². The summed E-state index contributed by atoms with van der Waals surface area (Å²) in [5, 5.41) is 2.69. The molecule has 0 unspecified atom stereocenters. The first-order valence-corrected chi connectivity index (χ1v) is 8.72. The first kappa shape index (κ1) is 19.5. The van der Waals surface area contributed by atoms with Crippen LogP contribution < -0.4 is 15.6 Å². The number of rotatable bonds is 6. The van der Waals surface area contributed by atoms with Crippen molar-refractivity contribution in [3.05, 3.63) is 69.6 Å². The number of halogens is 2. The first-order chi connectivity index (χ1) is 13.4. The Kier molecular flexibility index (Phi) is 5.67. The minimum atomic E-state index is -2.94. The second-order valence-corrected chi connectivity index (χ2v) is 6.12. The second-order valence-electron chi connectivity index (χ2n) is 6.12. The lowest BCUT2D eigenvalue weighted by atomic mass is 10.1. The first-order valence-electron chi connectivity index (χ1n) is 8.72. The molecule has 28 heavy (non-hydrogen) atoms. The van der Waals surface area contributed by atoms with Crippen LogP contribution in [0.15, 0.2) is 47.3 Å². The summed E-state index contributed by atoms with van der Waals surface area (Å²) in [4.78, 5) is 28.9. The highest BCUT2D eigenvalue weighted by atomic mass is 19.3. The highest BCUT2D eigenvalue weighted by Gasteiger charge is 2.13. The number of benzene rings is 2. The Morgan fingerprint density at radius 1 is 1.25 bits per heavy atom. The van der Waals surface area contributed by atoms with E-state index in [1.54, 1.807) is 47.9 Å². The standard InChI is InChI=1S/C20H19F2N3O3/c1-3-25-16-9-8-13(10-15(16)24-12(2)19(25)27)18(26)23-11-14-6-4-5-7-17(14)28-20(21)22/h4-10,20H,3,11H2,1-2H3,(H,23,26). The Hall–Kier alpha value is -3.29. The van der Waals surface area contributed by atoms with Crippen molar-refractivity contribution in [3.8, 4) is 5.75 Å². The van der Waals surface area contributed by atoms with Gasteiger partial charge in [0.25, 0.3) is 11.5 Å². The summed E-state index contributed by atoms with van der Waals surface area (Å²) in [6.07, 6.45) is 0. The van der Waals surface area contributed by atoms with E-state index in [2.05, 4.69) is 15.0 Å². The zero-order valence-electron chi connectivity index (χ0n) is 15.4. The second kappa shape index (κ2) is 8.16. The van der Waals surface area contributed by atoms with E-state index in [0.717, 1.165) is 0 Å². The molecule has 1 aromatic heterocycles. The number of nitrogens with zero attached hydrogens (tertiary/aromatic N) is 2. The summed E-state index contributed by atoms with van der Waals surface area (Å²) >= 11 is 0. The lowest BCUT2D eigenvalue weighted by Crippen LogP contribution is -2.25. The fraction of sp³-hybridized carbons (Fsp3) is 0.250. The predicted molar refractivity (Wildman–Crippen MR) is 101 cm³/mol. The number of para-hydroxylation sites is 1. The number of ether oxygens (including phenoxy) is 1. The van der Waals surface area contributed by atoms with Crippen molar-refractivity contribution in [3.63, 3.8) is 0 Å². The fourth-order valence-corrected chi connectivity index (χ4v) is 2.97. The Labute approximate surface area is 159 Å². The maximum Gasteiger partial charge on any atom is 0.387 e. The molecule has 0 aliphatic heterocycles. The van der Waals surface area contributed by atoms with Crippen LogP contribution in [0.5, 0.6) is 5.75 Å². The molecule has 0 spiro atoms. The molecule has 8 heteroatoms.